The highest BCUT2D eigenvalue weighted by Gasteiger charge is 2.44. The molecule has 0 radical (unpaired) electrons. The van der Waals surface area contributed by atoms with E-state index in [9.17, 15) is 24.3 Å². The molecule has 2 aromatic rings. The number of rotatable bonds is 10. The Morgan fingerprint density at radius 1 is 0.974 bits per heavy atom. The van der Waals surface area contributed by atoms with Crippen LogP contribution in [0.2, 0.25) is 0 Å². The van der Waals surface area contributed by atoms with E-state index in [1.807, 2.05) is 48.5 Å². The van der Waals surface area contributed by atoms with E-state index >= 15 is 0 Å². The highest BCUT2D eigenvalue weighted by molar-refractivity contribution is 5.94. The minimum Gasteiger partial charge on any atom is -0.461 e. The van der Waals surface area contributed by atoms with Crippen molar-refractivity contribution in [2.45, 2.75) is 76.9 Å². The third-order valence-corrected chi connectivity index (χ3v) is 6.18. The molecule has 39 heavy (non-hydrogen) atoms. The van der Waals surface area contributed by atoms with Gasteiger partial charge in [-0.3, -0.25) is 14.4 Å². The van der Waals surface area contributed by atoms with Crippen molar-refractivity contribution in [2.24, 2.45) is 0 Å². The largest absolute Gasteiger partial charge is 0.461 e. The molecule has 1 heterocycles. The first-order valence-corrected chi connectivity index (χ1v) is 13.0. The molecule has 3 rings (SSSR count). The van der Waals surface area contributed by atoms with Crippen LogP contribution in [-0.4, -0.2) is 64.2 Å². The number of aliphatic hydroxyl groups is 1. The predicted molar refractivity (Wildman–Crippen MR) is 143 cm³/mol. The van der Waals surface area contributed by atoms with Crippen molar-refractivity contribution in [3.05, 3.63) is 71.8 Å². The number of hydrogen-bond donors (Lipinski definition) is 3. The van der Waals surface area contributed by atoms with E-state index in [0.717, 1.165) is 11.1 Å². The van der Waals surface area contributed by atoms with E-state index < -0.39 is 48.1 Å². The molecule has 1 aliphatic rings. The lowest BCUT2D eigenvalue weighted by molar-refractivity contribution is -0.150. The molecule has 3 atom stereocenters. The standard InChI is InChI=1S/C29H37N3O7/c1-29(2,3)39-28(37)31-23(16-25(34)38-19-21-12-8-5-9-13-21)27(36)32-22(18-33)14-15-24(32)26(35)30-17-20-10-6-4-7-11-20/h4-13,22-24,33H,14-19H2,1-3H3,(H,30,35)(H,31,37)/t22-,23+,24+/m1/s1. The average Bonchev–Trinajstić information content (AvgIpc) is 3.34. The topological polar surface area (TPSA) is 134 Å². The van der Waals surface area contributed by atoms with Gasteiger partial charge in [-0.05, 0) is 44.7 Å². The van der Waals surface area contributed by atoms with Gasteiger partial charge in [0.2, 0.25) is 11.8 Å². The second-order valence-electron chi connectivity index (χ2n) is 10.4. The Morgan fingerprint density at radius 2 is 1.59 bits per heavy atom. The molecular formula is C29H37N3O7. The molecular weight excluding hydrogens is 502 g/mol. The monoisotopic (exact) mass is 539 g/mol. The Bertz CT molecular complexity index is 1120. The number of likely N-dealkylation sites (tertiary alicyclic amines) is 1. The van der Waals surface area contributed by atoms with Gasteiger partial charge in [-0.1, -0.05) is 60.7 Å². The fourth-order valence-electron chi connectivity index (χ4n) is 4.35. The number of carbonyl (C=O) groups is 4. The van der Waals surface area contributed by atoms with Crippen LogP contribution in [0.1, 0.15) is 51.2 Å². The molecule has 10 nitrogen and oxygen atoms in total. The molecule has 0 unspecified atom stereocenters. The third-order valence-electron chi connectivity index (χ3n) is 6.18. The Hall–Kier alpha value is -3.92. The highest BCUT2D eigenvalue weighted by atomic mass is 16.6. The SMILES string of the molecule is CC(C)(C)OC(=O)N[C@@H](CC(=O)OCc1ccccc1)C(=O)N1[C@@H](CO)CC[C@H]1C(=O)NCc1ccccc1. The summed E-state index contributed by atoms with van der Waals surface area (Å²) in [7, 11) is 0. The summed E-state index contributed by atoms with van der Waals surface area (Å²) in [4.78, 5) is 53.5. The number of esters is 1. The summed E-state index contributed by atoms with van der Waals surface area (Å²) < 4.78 is 10.6. The summed E-state index contributed by atoms with van der Waals surface area (Å²) in [5.74, 6) is -1.77. The third kappa shape index (κ3) is 9.10. The summed E-state index contributed by atoms with van der Waals surface area (Å²) in [5, 5.41) is 15.3. The zero-order chi connectivity index (χ0) is 28.4. The molecule has 3 amide bonds. The molecule has 2 aromatic carbocycles. The number of alkyl carbamates (subject to hydrolysis) is 1. The van der Waals surface area contributed by atoms with Crippen LogP contribution < -0.4 is 10.6 Å². The fourth-order valence-corrected chi connectivity index (χ4v) is 4.35. The first-order chi connectivity index (χ1) is 18.6. The van der Waals surface area contributed by atoms with Gasteiger partial charge >= 0.3 is 12.1 Å². The maximum atomic E-state index is 13.8. The predicted octanol–water partition coefficient (Wildman–Crippen LogP) is 2.68. The van der Waals surface area contributed by atoms with Crippen LogP contribution in [-0.2, 0) is 37.0 Å². The van der Waals surface area contributed by atoms with Crippen LogP contribution in [0.15, 0.2) is 60.7 Å². The lowest BCUT2D eigenvalue weighted by Gasteiger charge is -2.32. The van der Waals surface area contributed by atoms with E-state index in [0.29, 0.717) is 12.8 Å². The van der Waals surface area contributed by atoms with Crippen molar-refractivity contribution in [1.29, 1.82) is 0 Å². The number of nitrogens with one attached hydrogen (secondary N) is 2. The number of ether oxygens (including phenoxy) is 2. The van der Waals surface area contributed by atoms with Gasteiger partial charge in [0.15, 0.2) is 0 Å². The van der Waals surface area contributed by atoms with Crippen LogP contribution in [0.5, 0.6) is 0 Å². The zero-order valence-corrected chi connectivity index (χ0v) is 22.6. The molecule has 0 bridgehead atoms. The van der Waals surface area contributed by atoms with Crippen molar-refractivity contribution in [3.8, 4) is 0 Å². The van der Waals surface area contributed by atoms with Gasteiger partial charge in [-0.25, -0.2) is 4.79 Å². The second kappa shape index (κ2) is 13.7. The van der Waals surface area contributed by atoms with Gasteiger partial charge in [-0.2, -0.15) is 0 Å². The number of amides is 3. The minimum absolute atomic E-state index is 0.000513. The van der Waals surface area contributed by atoms with E-state index in [2.05, 4.69) is 10.6 Å². The van der Waals surface area contributed by atoms with Crippen LogP contribution in [0.4, 0.5) is 4.79 Å². The van der Waals surface area contributed by atoms with Gasteiger partial charge in [0.05, 0.1) is 19.1 Å². The Labute approximate surface area is 228 Å². The molecule has 1 fully saturated rings. The second-order valence-corrected chi connectivity index (χ2v) is 10.4. The maximum absolute atomic E-state index is 13.8. The van der Waals surface area contributed by atoms with Crippen molar-refractivity contribution in [2.75, 3.05) is 6.61 Å². The summed E-state index contributed by atoms with van der Waals surface area (Å²) in [6.07, 6.45) is -0.641. The normalized spacial score (nSPS) is 17.7. The molecule has 10 heteroatoms. The molecule has 1 aliphatic heterocycles. The van der Waals surface area contributed by atoms with E-state index in [1.165, 1.54) is 4.90 Å². The van der Waals surface area contributed by atoms with Crippen molar-refractivity contribution >= 4 is 23.9 Å². The molecule has 0 spiro atoms. The van der Waals surface area contributed by atoms with E-state index in [-0.39, 0.29) is 25.7 Å². The van der Waals surface area contributed by atoms with Gasteiger partial charge < -0.3 is 30.1 Å². The first-order valence-electron chi connectivity index (χ1n) is 13.0. The van der Waals surface area contributed by atoms with E-state index in [4.69, 9.17) is 9.47 Å². The van der Waals surface area contributed by atoms with Gasteiger partial charge in [0.1, 0.15) is 24.3 Å². The summed E-state index contributed by atoms with van der Waals surface area (Å²) in [6.45, 7) is 4.92. The molecule has 0 saturated carbocycles. The smallest absolute Gasteiger partial charge is 0.408 e. The first kappa shape index (κ1) is 29.6. The number of carbonyl (C=O) groups excluding carboxylic acids is 4. The lowest BCUT2D eigenvalue weighted by Crippen LogP contribution is -2.57. The van der Waals surface area contributed by atoms with Crippen molar-refractivity contribution in [3.63, 3.8) is 0 Å². The Balaban J connectivity index is 1.75. The molecule has 0 aromatic heterocycles. The molecule has 0 aliphatic carbocycles. The maximum Gasteiger partial charge on any atom is 0.408 e. The molecule has 3 N–H and O–H groups in total. The Kier molecular flexibility index (Phi) is 10.4. The fraction of sp³-hybridized carbons (Fsp3) is 0.448. The number of nitrogens with zero attached hydrogens (tertiary/aromatic N) is 1. The van der Waals surface area contributed by atoms with Gasteiger partial charge in [-0.15, -0.1) is 0 Å². The van der Waals surface area contributed by atoms with Crippen molar-refractivity contribution in [1.82, 2.24) is 15.5 Å². The summed E-state index contributed by atoms with van der Waals surface area (Å²) >= 11 is 0. The Morgan fingerprint density at radius 3 is 2.18 bits per heavy atom. The number of hydrogen-bond acceptors (Lipinski definition) is 7. The number of benzene rings is 2. The number of aliphatic hydroxyl groups excluding tert-OH is 1. The zero-order valence-electron chi connectivity index (χ0n) is 22.6. The van der Waals surface area contributed by atoms with Gasteiger partial charge in [0, 0.05) is 6.54 Å². The average molecular weight is 540 g/mol. The molecule has 1 saturated heterocycles. The lowest BCUT2D eigenvalue weighted by atomic mass is 10.1. The summed E-state index contributed by atoms with van der Waals surface area (Å²) in [6, 6.07) is 15.5. The van der Waals surface area contributed by atoms with Crippen LogP contribution in [0.3, 0.4) is 0 Å². The van der Waals surface area contributed by atoms with Crippen LogP contribution >= 0.6 is 0 Å². The quantitative estimate of drug-likeness (QED) is 0.395. The van der Waals surface area contributed by atoms with Crippen LogP contribution in [0.25, 0.3) is 0 Å². The summed E-state index contributed by atoms with van der Waals surface area (Å²) in [5.41, 5.74) is 0.821. The highest BCUT2D eigenvalue weighted by Crippen LogP contribution is 2.26. The van der Waals surface area contributed by atoms with E-state index in [1.54, 1.807) is 32.9 Å². The van der Waals surface area contributed by atoms with Crippen molar-refractivity contribution < 1.29 is 33.8 Å². The minimum atomic E-state index is -1.36. The van der Waals surface area contributed by atoms with Gasteiger partial charge in [0.25, 0.3) is 0 Å². The van der Waals surface area contributed by atoms with Crippen LogP contribution in [0, 0.1) is 0 Å². The molecule has 210 valence electrons.